The van der Waals surface area contributed by atoms with Gasteiger partial charge in [0.05, 0.1) is 39.9 Å². The molecule has 0 radical (unpaired) electrons. The molecule has 0 rings (SSSR count). The van der Waals surface area contributed by atoms with Crippen LogP contribution < -0.4 is 10.2 Å². The molecule has 0 fully saturated rings. The fourth-order valence-corrected chi connectivity index (χ4v) is 8.14. The summed E-state index contributed by atoms with van der Waals surface area (Å²) < 4.78 is 23.2. The molecule has 4 unspecified atom stereocenters. The number of rotatable bonds is 48. The smallest absolute Gasteiger partial charge is 0.268 e. The number of nitrogens with one attached hydrogen (secondary N) is 1. The highest BCUT2D eigenvalue weighted by atomic mass is 31.2. The normalized spacial score (nSPS) is 15.2. The van der Waals surface area contributed by atoms with Gasteiger partial charge in [-0.2, -0.15) is 0 Å². The molecule has 4 atom stereocenters. The Hall–Kier alpha value is -2.36. The zero-order valence-corrected chi connectivity index (χ0v) is 44.6. The Bertz CT molecular complexity index is 1380. The van der Waals surface area contributed by atoms with Gasteiger partial charge >= 0.3 is 0 Å². The van der Waals surface area contributed by atoms with Crippen LogP contribution in [0.4, 0.5) is 0 Å². The van der Waals surface area contributed by atoms with Crippen molar-refractivity contribution >= 4 is 13.7 Å². The summed E-state index contributed by atoms with van der Waals surface area (Å²) in [5.41, 5.74) is 0. The number of carbonyl (C=O) groups is 1. The van der Waals surface area contributed by atoms with Gasteiger partial charge in [-0.15, -0.1) is 0 Å². The van der Waals surface area contributed by atoms with E-state index >= 15 is 0 Å². The van der Waals surface area contributed by atoms with Gasteiger partial charge in [0.1, 0.15) is 19.3 Å². The molecule has 0 bridgehead atoms. The molecule has 10 heteroatoms. The molecular weight excluding hydrogens is 856 g/mol. The highest BCUT2D eigenvalue weighted by Crippen LogP contribution is 2.38. The molecule has 0 spiro atoms. The second-order valence-corrected chi connectivity index (χ2v) is 20.7. The van der Waals surface area contributed by atoms with E-state index in [0.29, 0.717) is 30.3 Å². The number of carbonyl (C=O) groups excluding carboxylic acids is 1. The van der Waals surface area contributed by atoms with Crippen molar-refractivity contribution in [2.75, 3.05) is 40.9 Å². The molecular formula is C57H103N2O7P. The average molecular weight is 959 g/mol. The van der Waals surface area contributed by atoms with E-state index in [9.17, 15) is 24.5 Å². The minimum Gasteiger partial charge on any atom is -0.756 e. The summed E-state index contributed by atoms with van der Waals surface area (Å²) in [5, 5.41) is 24.7. The monoisotopic (exact) mass is 959 g/mol. The maximum Gasteiger partial charge on any atom is 0.268 e. The van der Waals surface area contributed by atoms with Crippen LogP contribution in [0.25, 0.3) is 0 Å². The molecule has 1 amide bonds. The van der Waals surface area contributed by atoms with Crippen molar-refractivity contribution in [2.45, 2.75) is 231 Å². The predicted molar refractivity (Wildman–Crippen MR) is 285 cm³/mol. The van der Waals surface area contributed by atoms with E-state index in [4.69, 9.17) is 9.05 Å². The average Bonchev–Trinajstić information content (AvgIpc) is 3.29. The zero-order valence-electron chi connectivity index (χ0n) is 43.7. The molecule has 0 heterocycles. The number of nitrogens with zero attached hydrogens (tertiary/aromatic N) is 1. The van der Waals surface area contributed by atoms with E-state index in [2.05, 4.69) is 104 Å². The first-order valence-electron chi connectivity index (χ1n) is 27.0. The zero-order chi connectivity index (χ0) is 49.4. The molecule has 0 saturated carbocycles. The van der Waals surface area contributed by atoms with Crippen molar-refractivity contribution in [3.8, 4) is 0 Å². The molecule has 3 N–H and O–H groups in total. The Balaban J connectivity index is 4.20. The van der Waals surface area contributed by atoms with Crippen LogP contribution >= 0.6 is 7.82 Å². The topological polar surface area (TPSA) is 128 Å². The number of hydrogen-bond acceptors (Lipinski definition) is 7. The fourth-order valence-electron chi connectivity index (χ4n) is 7.41. The second kappa shape index (κ2) is 47.3. The van der Waals surface area contributed by atoms with Gasteiger partial charge in [-0.3, -0.25) is 9.36 Å². The van der Waals surface area contributed by atoms with Crippen molar-refractivity contribution in [1.82, 2.24) is 5.32 Å². The van der Waals surface area contributed by atoms with Gasteiger partial charge < -0.3 is 34.0 Å². The van der Waals surface area contributed by atoms with Crippen LogP contribution in [0.5, 0.6) is 0 Å². The van der Waals surface area contributed by atoms with Crippen LogP contribution in [0.3, 0.4) is 0 Å². The third kappa shape index (κ3) is 48.5. The van der Waals surface area contributed by atoms with Crippen molar-refractivity contribution < 1.29 is 38.0 Å². The van der Waals surface area contributed by atoms with Crippen LogP contribution in [0.1, 0.15) is 213 Å². The second-order valence-electron chi connectivity index (χ2n) is 19.3. The Morgan fingerprint density at radius 3 is 1.43 bits per heavy atom. The highest BCUT2D eigenvalue weighted by molar-refractivity contribution is 7.45. The lowest BCUT2D eigenvalue weighted by atomic mass is 10.0. The first-order valence-corrected chi connectivity index (χ1v) is 28.5. The molecule has 0 aliphatic rings. The molecule has 0 saturated heterocycles. The van der Waals surface area contributed by atoms with E-state index in [1.807, 2.05) is 21.1 Å². The number of unbranched alkanes of at least 4 members (excludes halogenated alkanes) is 20. The molecule has 0 aliphatic heterocycles. The van der Waals surface area contributed by atoms with E-state index in [1.165, 1.54) is 96.3 Å². The summed E-state index contributed by atoms with van der Waals surface area (Å²) in [4.78, 5) is 25.5. The first kappa shape index (κ1) is 64.6. The van der Waals surface area contributed by atoms with E-state index in [1.54, 1.807) is 0 Å². The van der Waals surface area contributed by atoms with Crippen LogP contribution in [0, 0.1) is 0 Å². The van der Waals surface area contributed by atoms with Crippen molar-refractivity contribution in [2.24, 2.45) is 0 Å². The lowest BCUT2D eigenvalue weighted by molar-refractivity contribution is -0.870. The molecule has 388 valence electrons. The maximum atomic E-state index is 13.0. The van der Waals surface area contributed by atoms with Crippen LogP contribution in [-0.4, -0.2) is 79.8 Å². The fraction of sp³-hybridized carbons (Fsp3) is 0.737. The van der Waals surface area contributed by atoms with Crippen molar-refractivity contribution in [1.29, 1.82) is 0 Å². The molecule has 9 nitrogen and oxygen atoms in total. The van der Waals surface area contributed by atoms with Crippen LogP contribution in [0.2, 0.25) is 0 Å². The number of allylic oxidation sites excluding steroid dienone is 14. The molecule has 0 aliphatic carbocycles. The third-order valence-corrected chi connectivity index (χ3v) is 12.7. The number of quaternary nitrogens is 1. The predicted octanol–water partition coefficient (Wildman–Crippen LogP) is 14.4. The minimum absolute atomic E-state index is 0.0517. The standard InChI is InChI=1S/C57H103N2O7P/c1-6-8-10-12-14-16-18-20-21-22-23-24-25-26-27-28-29-30-31-32-33-34-35-36-37-38-40-42-44-46-48-50-56(61)58-54(53-66-67(63,64)65-52-51-59(3,4)5)57(62)55(60)49-47-45-43-41-39-19-17-15-13-11-9-7-2/h8,10,14-17,20-21,23-24,26-27,41,43,54-55,57,60,62H,6-7,9,11-13,18-19,22,25,28-40,42,44-53H2,1-5H3,(H-,58,61,63,64)/b10-8-,16-14-,17-15+,21-20-,24-23-,27-26-,43-41+. The lowest BCUT2D eigenvalue weighted by Gasteiger charge is -2.31. The Morgan fingerprint density at radius 2 is 0.955 bits per heavy atom. The summed E-state index contributed by atoms with van der Waals surface area (Å²) in [5.74, 6) is -0.296. The lowest BCUT2D eigenvalue weighted by Crippen LogP contribution is -2.51. The van der Waals surface area contributed by atoms with E-state index < -0.39 is 32.7 Å². The number of aliphatic hydroxyl groups excluding tert-OH is 2. The molecule has 67 heavy (non-hydrogen) atoms. The number of likely N-dealkylation sites (N-methyl/N-ethyl adjacent to an activating group) is 1. The highest BCUT2D eigenvalue weighted by Gasteiger charge is 2.29. The SMILES string of the molecule is CC/C=C\C/C=C\C/C=C\C/C=C\C/C=C\CCCCCCCCCCCCCCCCCC(=O)NC(COP(=O)([O-])OCC[N+](C)(C)C)C(O)C(O)CCC/C=C/CC/C=C/CCCCC. The Labute approximate surface area is 412 Å². The molecule has 0 aromatic rings. The molecule has 0 aromatic heterocycles. The Morgan fingerprint density at radius 1 is 0.552 bits per heavy atom. The summed E-state index contributed by atoms with van der Waals surface area (Å²) >= 11 is 0. The number of amides is 1. The largest absolute Gasteiger partial charge is 0.756 e. The summed E-state index contributed by atoms with van der Waals surface area (Å²) in [6, 6.07) is -1.10. The number of hydrogen-bond donors (Lipinski definition) is 3. The van der Waals surface area contributed by atoms with Crippen molar-refractivity contribution in [3.05, 3.63) is 85.1 Å². The van der Waals surface area contributed by atoms with Crippen LogP contribution in [-0.2, 0) is 18.4 Å². The summed E-state index contributed by atoms with van der Waals surface area (Å²) in [6.07, 6.45) is 62.2. The number of phosphoric ester groups is 1. The van der Waals surface area contributed by atoms with Gasteiger partial charge in [0.2, 0.25) is 5.91 Å². The summed E-state index contributed by atoms with van der Waals surface area (Å²) in [7, 11) is 1.09. The van der Waals surface area contributed by atoms with Crippen molar-refractivity contribution in [3.63, 3.8) is 0 Å². The van der Waals surface area contributed by atoms with Gasteiger partial charge in [-0.05, 0) is 96.3 Å². The van der Waals surface area contributed by atoms with Gasteiger partial charge in [0.25, 0.3) is 7.82 Å². The third-order valence-electron chi connectivity index (χ3n) is 11.7. The van der Waals surface area contributed by atoms with Gasteiger partial charge in [-0.1, -0.05) is 195 Å². The van der Waals surface area contributed by atoms with Gasteiger partial charge in [0, 0.05) is 6.42 Å². The van der Waals surface area contributed by atoms with Gasteiger partial charge in [0.15, 0.2) is 0 Å². The van der Waals surface area contributed by atoms with E-state index in [-0.39, 0.29) is 18.9 Å². The van der Waals surface area contributed by atoms with Crippen LogP contribution in [0.15, 0.2) is 85.1 Å². The summed E-state index contributed by atoms with van der Waals surface area (Å²) in [6.45, 7) is 4.26. The molecule has 0 aromatic carbocycles. The Kier molecular flexibility index (Phi) is 45.7. The number of phosphoric acid groups is 1. The first-order chi connectivity index (χ1) is 32.4. The van der Waals surface area contributed by atoms with E-state index in [0.717, 1.165) is 77.0 Å². The minimum atomic E-state index is -4.68. The van der Waals surface area contributed by atoms with Gasteiger partial charge in [-0.25, -0.2) is 0 Å². The number of aliphatic hydroxyl groups is 2. The maximum absolute atomic E-state index is 13.0. The quantitative estimate of drug-likeness (QED) is 0.0240.